The lowest BCUT2D eigenvalue weighted by Crippen LogP contribution is -2.36. The summed E-state index contributed by atoms with van der Waals surface area (Å²) in [7, 11) is 1.48. The van der Waals surface area contributed by atoms with Crippen LogP contribution < -0.4 is 10.5 Å². The highest BCUT2D eigenvalue weighted by Crippen LogP contribution is 2.29. The summed E-state index contributed by atoms with van der Waals surface area (Å²) in [6, 6.07) is 4.49. The molecule has 0 unspecified atom stereocenters. The molecule has 0 radical (unpaired) electrons. The molecule has 15 heavy (non-hydrogen) atoms. The van der Waals surface area contributed by atoms with Crippen molar-refractivity contribution in [1.29, 1.82) is 0 Å². The Hall–Kier alpha value is -1.20. The molecule has 1 aromatic rings. The summed E-state index contributed by atoms with van der Waals surface area (Å²) >= 11 is 0. The smallest absolute Gasteiger partial charge is 0.289 e. The molecule has 0 amide bonds. The van der Waals surface area contributed by atoms with Gasteiger partial charge in [0.25, 0.3) is 5.92 Å². The van der Waals surface area contributed by atoms with Crippen LogP contribution in [0.2, 0.25) is 0 Å². The Labute approximate surface area is 86.5 Å². The van der Waals surface area contributed by atoms with Gasteiger partial charge in [-0.15, -0.1) is 0 Å². The van der Waals surface area contributed by atoms with Crippen molar-refractivity contribution in [3.63, 3.8) is 0 Å². The summed E-state index contributed by atoms with van der Waals surface area (Å²) in [4.78, 5) is 0. The first kappa shape index (κ1) is 11.9. The van der Waals surface area contributed by atoms with E-state index < -0.39 is 18.6 Å². The van der Waals surface area contributed by atoms with Gasteiger partial charge in [0.1, 0.15) is 12.4 Å². The maximum Gasteiger partial charge on any atom is 0.289 e. The first-order chi connectivity index (χ1) is 7.01. The number of halogens is 2. The van der Waals surface area contributed by atoms with E-state index in [0.29, 0.717) is 5.75 Å². The van der Waals surface area contributed by atoms with E-state index in [1.54, 1.807) is 12.1 Å². The van der Waals surface area contributed by atoms with Gasteiger partial charge in [0.15, 0.2) is 0 Å². The number of rotatable bonds is 4. The molecular formula is C10H13F2NO2. The van der Waals surface area contributed by atoms with Crippen LogP contribution >= 0.6 is 0 Å². The van der Waals surface area contributed by atoms with E-state index in [1.165, 1.54) is 19.2 Å². The second-order valence-electron chi connectivity index (χ2n) is 3.17. The van der Waals surface area contributed by atoms with Gasteiger partial charge in [-0.3, -0.25) is 0 Å². The zero-order valence-electron chi connectivity index (χ0n) is 8.28. The Morgan fingerprint density at radius 2 is 1.93 bits per heavy atom. The molecule has 3 nitrogen and oxygen atoms in total. The zero-order chi connectivity index (χ0) is 11.5. The van der Waals surface area contributed by atoms with Gasteiger partial charge in [-0.05, 0) is 17.7 Å². The number of methoxy groups -OCH3 is 1. The van der Waals surface area contributed by atoms with Crippen LogP contribution in [0.3, 0.4) is 0 Å². The van der Waals surface area contributed by atoms with Crippen LogP contribution in [0.5, 0.6) is 5.75 Å². The third kappa shape index (κ3) is 2.64. The first-order valence-corrected chi connectivity index (χ1v) is 4.39. The summed E-state index contributed by atoms with van der Waals surface area (Å²) < 4.78 is 30.9. The summed E-state index contributed by atoms with van der Waals surface area (Å²) in [5.74, 6) is -2.74. The molecule has 0 aromatic heterocycles. The Bertz CT molecular complexity index is 314. The molecule has 0 aliphatic rings. The summed E-state index contributed by atoms with van der Waals surface area (Å²) in [5.41, 5.74) is 5.58. The fourth-order valence-corrected chi connectivity index (χ4v) is 1.15. The monoisotopic (exact) mass is 217 g/mol. The van der Waals surface area contributed by atoms with Gasteiger partial charge >= 0.3 is 0 Å². The lowest BCUT2D eigenvalue weighted by Gasteiger charge is -2.21. The van der Waals surface area contributed by atoms with Crippen LogP contribution in [0.1, 0.15) is 11.6 Å². The Kier molecular flexibility index (Phi) is 3.60. The highest BCUT2D eigenvalue weighted by Gasteiger charge is 2.37. The fraction of sp³-hybridized carbons (Fsp3) is 0.400. The van der Waals surface area contributed by atoms with Crippen LogP contribution in [0.15, 0.2) is 24.3 Å². The molecule has 3 N–H and O–H groups in total. The third-order valence-electron chi connectivity index (χ3n) is 2.14. The standard InChI is InChI=1S/C10H13F2NO2/c1-15-8-4-2-7(3-5-8)9(13)10(11,12)6-14/h2-5,9,14H,6,13H2,1H3/t9-/m1/s1. The lowest BCUT2D eigenvalue weighted by atomic mass is 10.0. The van der Waals surface area contributed by atoms with Crippen LogP contribution in [0, 0.1) is 0 Å². The van der Waals surface area contributed by atoms with Crippen LogP contribution in [0.25, 0.3) is 0 Å². The molecule has 5 heteroatoms. The molecule has 0 saturated carbocycles. The quantitative estimate of drug-likeness (QED) is 0.799. The minimum atomic E-state index is -3.31. The van der Waals surface area contributed by atoms with Crippen molar-refractivity contribution in [2.24, 2.45) is 5.73 Å². The molecule has 1 aromatic carbocycles. The van der Waals surface area contributed by atoms with E-state index in [9.17, 15) is 8.78 Å². The fourth-order valence-electron chi connectivity index (χ4n) is 1.15. The lowest BCUT2D eigenvalue weighted by molar-refractivity contribution is -0.0711. The number of alkyl halides is 2. The minimum Gasteiger partial charge on any atom is -0.497 e. The maximum atomic E-state index is 13.0. The number of hydrogen-bond donors (Lipinski definition) is 2. The van der Waals surface area contributed by atoms with Crippen LogP contribution in [0.4, 0.5) is 8.78 Å². The topological polar surface area (TPSA) is 55.5 Å². The van der Waals surface area contributed by atoms with Crippen molar-refractivity contribution < 1.29 is 18.6 Å². The second-order valence-corrected chi connectivity index (χ2v) is 3.17. The highest BCUT2D eigenvalue weighted by atomic mass is 19.3. The second kappa shape index (κ2) is 4.55. The molecule has 0 bridgehead atoms. The zero-order valence-corrected chi connectivity index (χ0v) is 8.28. The number of hydrogen-bond acceptors (Lipinski definition) is 3. The van der Waals surface area contributed by atoms with Crippen molar-refractivity contribution in [2.75, 3.05) is 13.7 Å². The van der Waals surface area contributed by atoms with Gasteiger partial charge in [-0.1, -0.05) is 12.1 Å². The molecule has 1 atom stereocenters. The molecule has 0 saturated heterocycles. The third-order valence-corrected chi connectivity index (χ3v) is 2.14. The van der Waals surface area contributed by atoms with Crippen molar-refractivity contribution in [3.05, 3.63) is 29.8 Å². The van der Waals surface area contributed by atoms with E-state index in [-0.39, 0.29) is 5.56 Å². The first-order valence-electron chi connectivity index (χ1n) is 4.39. The number of aliphatic hydroxyl groups excluding tert-OH is 1. The summed E-state index contributed by atoms with van der Waals surface area (Å²) in [5, 5.41) is 8.47. The van der Waals surface area contributed by atoms with Crippen LogP contribution in [-0.2, 0) is 0 Å². The van der Waals surface area contributed by atoms with Gasteiger partial charge in [0.2, 0.25) is 0 Å². The minimum absolute atomic E-state index is 0.259. The molecule has 0 aliphatic heterocycles. The van der Waals surface area contributed by atoms with E-state index in [4.69, 9.17) is 15.6 Å². The molecule has 0 fully saturated rings. The molecule has 84 valence electrons. The number of ether oxygens (including phenoxy) is 1. The Morgan fingerprint density at radius 1 is 1.40 bits per heavy atom. The average molecular weight is 217 g/mol. The largest absolute Gasteiger partial charge is 0.497 e. The van der Waals surface area contributed by atoms with Crippen molar-refractivity contribution in [2.45, 2.75) is 12.0 Å². The van der Waals surface area contributed by atoms with E-state index >= 15 is 0 Å². The van der Waals surface area contributed by atoms with E-state index in [2.05, 4.69) is 0 Å². The van der Waals surface area contributed by atoms with Crippen molar-refractivity contribution in [1.82, 2.24) is 0 Å². The Balaban J connectivity index is 2.87. The predicted octanol–water partition coefficient (Wildman–Crippen LogP) is 1.32. The predicted molar refractivity (Wildman–Crippen MR) is 52.0 cm³/mol. The number of aliphatic hydroxyl groups is 1. The van der Waals surface area contributed by atoms with Gasteiger partial charge in [-0.25, -0.2) is 8.78 Å². The van der Waals surface area contributed by atoms with Gasteiger partial charge < -0.3 is 15.6 Å². The molecule has 1 rings (SSSR count). The molecule has 0 spiro atoms. The average Bonchev–Trinajstić information content (AvgIpc) is 2.28. The molecular weight excluding hydrogens is 204 g/mol. The normalized spacial score (nSPS) is 13.7. The van der Waals surface area contributed by atoms with E-state index in [1.807, 2.05) is 0 Å². The van der Waals surface area contributed by atoms with Gasteiger partial charge in [0, 0.05) is 0 Å². The van der Waals surface area contributed by atoms with Gasteiger partial charge in [0.05, 0.1) is 13.2 Å². The SMILES string of the molecule is COc1ccc([C@@H](N)C(F)(F)CO)cc1. The highest BCUT2D eigenvalue weighted by molar-refractivity contribution is 5.29. The Morgan fingerprint density at radius 3 is 2.33 bits per heavy atom. The summed E-state index contributed by atoms with van der Waals surface area (Å²) in [6.07, 6.45) is 0. The van der Waals surface area contributed by atoms with Crippen LogP contribution in [-0.4, -0.2) is 24.7 Å². The summed E-state index contributed by atoms with van der Waals surface area (Å²) in [6.45, 7) is -1.26. The van der Waals surface area contributed by atoms with Crippen molar-refractivity contribution >= 4 is 0 Å². The number of benzene rings is 1. The number of nitrogens with two attached hydrogens (primary N) is 1. The van der Waals surface area contributed by atoms with Gasteiger partial charge in [-0.2, -0.15) is 0 Å². The molecule has 0 heterocycles. The van der Waals surface area contributed by atoms with E-state index in [0.717, 1.165) is 0 Å². The molecule has 0 aliphatic carbocycles. The van der Waals surface area contributed by atoms with Crippen molar-refractivity contribution in [3.8, 4) is 5.75 Å². The maximum absolute atomic E-state index is 13.0.